The molecule has 2 N–H and O–H groups in total. The molecule has 2 aliphatic rings. The van der Waals surface area contributed by atoms with Gasteiger partial charge in [-0.25, -0.2) is 4.98 Å². The number of nitrogens with one attached hydrogen (secondary N) is 1. The van der Waals surface area contributed by atoms with Crippen LogP contribution in [0.25, 0.3) is 11.1 Å². The van der Waals surface area contributed by atoms with Crippen LogP contribution in [0.1, 0.15) is 35.1 Å². The average molecular weight is 487 g/mol. The summed E-state index contributed by atoms with van der Waals surface area (Å²) in [4.78, 5) is 9.50. The van der Waals surface area contributed by atoms with E-state index >= 15 is 0 Å². The van der Waals surface area contributed by atoms with Crippen LogP contribution < -0.4 is 15.0 Å². The van der Waals surface area contributed by atoms with Gasteiger partial charge in [-0.3, -0.25) is 4.90 Å². The van der Waals surface area contributed by atoms with Crippen LogP contribution in [-0.4, -0.2) is 60.4 Å². The van der Waals surface area contributed by atoms with Crippen molar-refractivity contribution in [2.45, 2.75) is 46.6 Å². The highest BCUT2D eigenvalue weighted by Gasteiger charge is 2.24. The maximum Gasteiger partial charge on any atom is 0.143 e. The van der Waals surface area contributed by atoms with Gasteiger partial charge in [-0.15, -0.1) is 0 Å². The lowest BCUT2D eigenvalue weighted by Gasteiger charge is -2.36. The fourth-order valence-corrected chi connectivity index (χ4v) is 5.47. The smallest absolute Gasteiger partial charge is 0.143 e. The largest absolute Gasteiger partial charge is 0.507 e. The fraction of sp³-hybridized carbons (Fsp3) is 0.433. The number of aromatic nitrogens is 1. The second-order valence-electron chi connectivity index (χ2n) is 10.4. The van der Waals surface area contributed by atoms with Gasteiger partial charge in [-0.05, 0) is 105 Å². The van der Waals surface area contributed by atoms with Gasteiger partial charge in [0.2, 0.25) is 0 Å². The van der Waals surface area contributed by atoms with Crippen LogP contribution >= 0.6 is 0 Å². The number of pyridine rings is 1. The Bertz CT molecular complexity index is 1210. The number of hydrogen-bond acceptors (Lipinski definition) is 6. The van der Waals surface area contributed by atoms with Gasteiger partial charge in [-0.1, -0.05) is 6.07 Å². The molecule has 2 aliphatic heterocycles. The number of anilines is 2. The number of phenolic OH excluding ortho intramolecular Hbond substituents is 1. The Morgan fingerprint density at radius 2 is 1.72 bits per heavy atom. The molecule has 1 fully saturated rings. The molecule has 3 heterocycles. The van der Waals surface area contributed by atoms with Crippen LogP contribution in [-0.2, 0) is 0 Å². The first-order valence-corrected chi connectivity index (χ1v) is 13.1. The Morgan fingerprint density at radius 1 is 0.972 bits per heavy atom. The quantitative estimate of drug-likeness (QED) is 0.482. The van der Waals surface area contributed by atoms with Crippen LogP contribution in [0.3, 0.4) is 0 Å². The molecule has 0 saturated carbocycles. The van der Waals surface area contributed by atoms with Gasteiger partial charge in [0.15, 0.2) is 0 Å². The zero-order valence-corrected chi connectivity index (χ0v) is 22.0. The summed E-state index contributed by atoms with van der Waals surface area (Å²) >= 11 is 0. The predicted octanol–water partition coefficient (Wildman–Crippen LogP) is 5.46. The fourth-order valence-electron chi connectivity index (χ4n) is 5.47. The zero-order chi connectivity index (χ0) is 25.2. The van der Waals surface area contributed by atoms with E-state index in [9.17, 15) is 5.11 Å². The SMILES string of the molecule is Cc1ccnc(N2CCN(CCCC3CNc4c(ccc(C)c4-c4cc(C)c(O)c(C)c4)O3)CC2)c1. The Hall–Kier alpha value is -3.25. The molecule has 2 aromatic carbocycles. The van der Waals surface area contributed by atoms with Gasteiger partial charge in [-0.2, -0.15) is 0 Å². The van der Waals surface area contributed by atoms with E-state index in [0.717, 1.165) is 91.6 Å². The summed E-state index contributed by atoms with van der Waals surface area (Å²) in [5.41, 5.74) is 7.61. The Kier molecular flexibility index (Phi) is 7.06. The molecule has 6 heteroatoms. The summed E-state index contributed by atoms with van der Waals surface area (Å²) in [5.74, 6) is 2.40. The minimum atomic E-state index is 0.175. The van der Waals surface area contributed by atoms with E-state index in [0.29, 0.717) is 5.75 Å². The van der Waals surface area contributed by atoms with Crippen molar-refractivity contribution in [1.29, 1.82) is 0 Å². The highest BCUT2D eigenvalue weighted by atomic mass is 16.5. The van der Waals surface area contributed by atoms with E-state index < -0.39 is 0 Å². The molecule has 3 aromatic rings. The first-order chi connectivity index (χ1) is 17.4. The van der Waals surface area contributed by atoms with Gasteiger partial charge in [0.05, 0.1) is 12.2 Å². The second-order valence-corrected chi connectivity index (χ2v) is 10.4. The van der Waals surface area contributed by atoms with Crippen molar-refractivity contribution in [1.82, 2.24) is 9.88 Å². The number of aryl methyl sites for hydroxylation is 4. The third-order valence-corrected chi connectivity index (χ3v) is 7.55. The van der Waals surface area contributed by atoms with Gasteiger partial charge in [0.25, 0.3) is 0 Å². The molecule has 1 unspecified atom stereocenters. The minimum absolute atomic E-state index is 0.175. The van der Waals surface area contributed by atoms with Gasteiger partial charge < -0.3 is 20.1 Å². The molecule has 190 valence electrons. The molecule has 6 nitrogen and oxygen atoms in total. The predicted molar refractivity (Wildman–Crippen MR) is 148 cm³/mol. The topological polar surface area (TPSA) is 60.9 Å². The number of rotatable bonds is 6. The molecule has 36 heavy (non-hydrogen) atoms. The average Bonchev–Trinajstić information content (AvgIpc) is 2.87. The van der Waals surface area contributed by atoms with Crippen molar-refractivity contribution in [3.05, 3.63) is 64.8 Å². The molecule has 0 aliphatic carbocycles. The third kappa shape index (κ3) is 5.14. The van der Waals surface area contributed by atoms with Crippen LogP contribution in [0.5, 0.6) is 11.5 Å². The summed E-state index contributed by atoms with van der Waals surface area (Å²) in [5, 5.41) is 13.9. The summed E-state index contributed by atoms with van der Waals surface area (Å²) in [6.07, 6.45) is 4.24. The molecular weight excluding hydrogens is 448 g/mol. The summed E-state index contributed by atoms with van der Waals surface area (Å²) in [7, 11) is 0. The molecule has 0 radical (unpaired) electrons. The van der Waals surface area contributed by atoms with Crippen molar-refractivity contribution in [2.24, 2.45) is 0 Å². The first kappa shape index (κ1) is 24.4. The van der Waals surface area contributed by atoms with E-state index in [1.807, 2.05) is 20.0 Å². The number of phenols is 1. The van der Waals surface area contributed by atoms with E-state index in [4.69, 9.17) is 4.74 Å². The van der Waals surface area contributed by atoms with Crippen LogP contribution in [0, 0.1) is 27.7 Å². The van der Waals surface area contributed by atoms with E-state index in [2.05, 4.69) is 70.3 Å². The van der Waals surface area contributed by atoms with Crippen molar-refractivity contribution in [3.63, 3.8) is 0 Å². The molecule has 0 spiro atoms. The lowest BCUT2D eigenvalue weighted by molar-refractivity contribution is 0.178. The number of piperazine rings is 1. The first-order valence-electron chi connectivity index (χ1n) is 13.1. The lowest BCUT2D eigenvalue weighted by Crippen LogP contribution is -2.47. The van der Waals surface area contributed by atoms with Crippen molar-refractivity contribution in [2.75, 3.05) is 49.5 Å². The maximum absolute atomic E-state index is 10.2. The second kappa shape index (κ2) is 10.4. The number of benzene rings is 2. The number of hydrogen-bond donors (Lipinski definition) is 2. The van der Waals surface area contributed by atoms with Crippen molar-refractivity contribution in [3.8, 4) is 22.6 Å². The Balaban J connectivity index is 1.16. The summed E-state index contributed by atoms with van der Waals surface area (Å²) in [6.45, 7) is 14.3. The molecule has 5 rings (SSSR count). The highest BCUT2D eigenvalue weighted by molar-refractivity contribution is 5.86. The Labute approximate surface area is 214 Å². The molecule has 1 aromatic heterocycles. The van der Waals surface area contributed by atoms with E-state index in [1.54, 1.807) is 0 Å². The summed E-state index contributed by atoms with van der Waals surface area (Å²) in [6, 6.07) is 12.6. The van der Waals surface area contributed by atoms with Crippen LogP contribution in [0.2, 0.25) is 0 Å². The number of nitrogens with zero attached hydrogens (tertiary/aromatic N) is 3. The van der Waals surface area contributed by atoms with Crippen molar-refractivity contribution >= 4 is 11.5 Å². The molecule has 1 saturated heterocycles. The molecule has 0 bridgehead atoms. The summed E-state index contributed by atoms with van der Waals surface area (Å²) < 4.78 is 6.46. The third-order valence-electron chi connectivity index (χ3n) is 7.55. The molecular formula is C30H38N4O2. The number of ether oxygens (including phenoxy) is 1. The minimum Gasteiger partial charge on any atom is -0.507 e. The van der Waals surface area contributed by atoms with E-state index in [-0.39, 0.29) is 6.10 Å². The maximum atomic E-state index is 10.2. The normalized spacial score (nSPS) is 17.9. The zero-order valence-electron chi connectivity index (χ0n) is 22.0. The standard InChI is InChI=1S/C30H38N4O2/c1-20-9-10-31-27(16-20)34-14-12-33(13-15-34)11-5-6-25-19-32-29-26(36-25)8-7-21(2)28(29)24-17-22(3)30(35)23(4)18-24/h7-10,16-18,25,32,35H,5-6,11-15,19H2,1-4H3. The molecule has 0 amide bonds. The van der Waals surface area contributed by atoms with Gasteiger partial charge in [0.1, 0.15) is 23.4 Å². The number of fused-ring (bicyclic) bond motifs is 1. The highest BCUT2D eigenvalue weighted by Crippen LogP contribution is 2.42. The monoisotopic (exact) mass is 486 g/mol. The van der Waals surface area contributed by atoms with Gasteiger partial charge in [0, 0.05) is 37.9 Å². The van der Waals surface area contributed by atoms with E-state index in [1.165, 1.54) is 11.1 Å². The number of aromatic hydroxyl groups is 1. The van der Waals surface area contributed by atoms with Gasteiger partial charge >= 0.3 is 0 Å². The van der Waals surface area contributed by atoms with Crippen LogP contribution in [0.4, 0.5) is 11.5 Å². The Morgan fingerprint density at radius 3 is 2.44 bits per heavy atom. The van der Waals surface area contributed by atoms with Crippen molar-refractivity contribution < 1.29 is 9.84 Å². The lowest BCUT2D eigenvalue weighted by atomic mass is 9.93. The van der Waals surface area contributed by atoms with Crippen LogP contribution in [0.15, 0.2) is 42.6 Å². The molecule has 1 atom stereocenters.